The minimum absolute atomic E-state index is 0.105. The zero-order valence-electron chi connectivity index (χ0n) is 14.2. The molecule has 2 aromatic carbocycles. The molecule has 5 heteroatoms. The summed E-state index contributed by atoms with van der Waals surface area (Å²) in [7, 11) is 0. The standard InChI is InChI=1S/C20H19ClO4/c1-4-10-24-20(22)16-11-17(21)19(18(12-16)23-5-2)25-13-15-8-6-14(3)7-9-15/h1,6-9,11-12H,5,10,13H2,2-3H3. The zero-order valence-corrected chi connectivity index (χ0v) is 14.9. The Balaban J connectivity index is 2.22. The first-order chi connectivity index (χ1) is 12.0. The molecule has 2 rings (SSSR count). The van der Waals surface area contributed by atoms with Gasteiger partial charge < -0.3 is 14.2 Å². The van der Waals surface area contributed by atoms with Crippen LogP contribution in [0.25, 0.3) is 0 Å². The van der Waals surface area contributed by atoms with Gasteiger partial charge in [-0.2, -0.15) is 0 Å². The van der Waals surface area contributed by atoms with E-state index in [2.05, 4.69) is 5.92 Å². The van der Waals surface area contributed by atoms with Crippen molar-refractivity contribution in [1.82, 2.24) is 0 Å². The Morgan fingerprint density at radius 2 is 1.92 bits per heavy atom. The summed E-state index contributed by atoms with van der Waals surface area (Å²) in [4.78, 5) is 12.0. The summed E-state index contributed by atoms with van der Waals surface area (Å²) in [6.07, 6.45) is 5.09. The quantitative estimate of drug-likeness (QED) is 0.543. The lowest BCUT2D eigenvalue weighted by molar-refractivity contribution is 0.0556. The molecule has 0 aliphatic heterocycles. The van der Waals surface area contributed by atoms with Crippen molar-refractivity contribution in [2.75, 3.05) is 13.2 Å². The van der Waals surface area contributed by atoms with E-state index in [1.54, 1.807) is 6.07 Å². The molecule has 130 valence electrons. The number of hydrogen-bond donors (Lipinski definition) is 0. The van der Waals surface area contributed by atoms with Gasteiger partial charge in [0.25, 0.3) is 0 Å². The van der Waals surface area contributed by atoms with E-state index in [0.29, 0.717) is 24.7 Å². The fraction of sp³-hybridized carbons (Fsp3) is 0.250. The summed E-state index contributed by atoms with van der Waals surface area (Å²) in [5.41, 5.74) is 2.43. The summed E-state index contributed by atoms with van der Waals surface area (Å²) in [6.45, 7) is 4.49. The third-order valence-corrected chi connectivity index (χ3v) is 3.62. The predicted molar refractivity (Wildman–Crippen MR) is 97.2 cm³/mol. The van der Waals surface area contributed by atoms with Crippen molar-refractivity contribution in [3.8, 4) is 23.8 Å². The van der Waals surface area contributed by atoms with Crippen LogP contribution in [-0.4, -0.2) is 19.2 Å². The molecule has 0 atom stereocenters. The number of terminal acetylenes is 1. The van der Waals surface area contributed by atoms with Crippen LogP contribution in [0.3, 0.4) is 0 Å². The second-order valence-electron chi connectivity index (χ2n) is 5.27. The monoisotopic (exact) mass is 358 g/mol. The fourth-order valence-electron chi connectivity index (χ4n) is 2.12. The number of benzene rings is 2. The van der Waals surface area contributed by atoms with Crippen LogP contribution in [0.2, 0.25) is 5.02 Å². The highest BCUT2D eigenvalue weighted by Gasteiger charge is 2.17. The maximum Gasteiger partial charge on any atom is 0.339 e. The summed E-state index contributed by atoms with van der Waals surface area (Å²) in [5, 5.41) is 0.269. The number of carbonyl (C=O) groups excluding carboxylic acids is 1. The number of hydrogen-bond acceptors (Lipinski definition) is 4. The van der Waals surface area contributed by atoms with Crippen LogP contribution in [0.4, 0.5) is 0 Å². The van der Waals surface area contributed by atoms with E-state index in [1.807, 2.05) is 38.1 Å². The number of rotatable bonds is 7. The first kappa shape index (κ1) is 18.7. The molecule has 0 aliphatic carbocycles. The first-order valence-electron chi connectivity index (χ1n) is 7.80. The Bertz CT molecular complexity index is 776. The van der Waals surface area contributed by atoms with Crippen LogP contribution in [-0.2, 0) is 11.3 Å². The molecule has 0 saturated heterocycles. The van der Waals surface area contributed by atoms with Gasteiger partial charge in [0.15, 0.2) is 18.1 Å². The normalized spacial score (nSPS) is 10.0. The van der Waals surface area contributed by atoms with Gasteiger partial charge in [0.2, 0.25) is 0 Å². The lowest BCUT2D eigenvalue weighted by Gasteiger charge is -2.15. The molecule has 0 amide bonds. The van der Waals surface area contributed by atoms with Gasteiger partial charge in [0.05, 0.1) is 17.2 Å². The van der Waals surface area contributed by atoms with Crippen molar-refractivity contribution >= 4 is 17.6 Å². The number of aryl methyl sites for hydroxylation is 1. The third-order valence-electron chi connectivity index (χ3n) is 3.34. The number of esters is 1. The van der Waals surface area contributed by atoms with E-state index in [9.17, 15) is 4.79 Å². The molecule has 0 radical (unpaired) electrons. The molecule has 0 fully saturated rings. The molecule has 0 bridgehead atoms. The van der Waals surface area contributed by atoms with Crippen LogP contribution in [0.1, 0.15) is 28.4 Å². The summed E-state index contributed by atoms with van der Waals surface area (Å²) in [5.74, 6) is 2.45. The average Bonchev–Trinajstić information content (AvgIpc) is 2.60. The second-order valence-corrected chi connectivity index (χ2v) is 5.68. The van der Waals surface area contributed by atoms with Gasteiger partial charge in [0, 0.05) is 0 Å². The first-order valence-corrected chi connectivity index (χ1v) is 8.18. The Morgan fingerprint density at radius 1 is 1.20 bits per heavy atom. The topological polar surface area (TPSA) is 44.8 Å². The zero-order chi connectivity index (χ0) is 18.2. The smallest absolute Gasteiger partial charge is 0.339 e. The molecule has 0 N–H and O–H groups in total. The van der Waals surface area contributed by atoms with Gasteiger partial charge in [-0.05, 0) is 31.5 Å². The Labute approximate surface area is 152 Å². The SMILES string of the molecule is C#CCOC(=O)c1cc(Cl)c(OCc2ccc(C)cc2)c(OCC)c1. The van der Waals surface area contributed by atoms with E-state index in [0.717, 1.165) is 5.56 Å². The molecule has 2 aromatic rings. The molecule has 25 heavy (non-hydrogen) atoms. The van der Waals surface area contributed by atoms with Crippen LogP contribution in [0.15, 0.2) is 36.4 Å². The fourth-order valence-corrected chi connectivity index (χ4v) is 2.38. The maximum atomic E-state index is 12.0. The minimum Gasteiger partial charge on any atom is -0.490 e. The van der Waals surface area contributed by atoms with Gasteiger partial charge in [0.1, 0.15) is 6.61 Å². The highest BCUT2D eigenvalue weighted by molar-refractivity contribution is 6.32. The van der Waals surface area contributed by atoms with Crippen LogP contribution < -0.4 is 9.47 Å². The largest absolute Gasteiger partial charge is 0.490 e. The van der Waals surface area contributed by atoms with Crippen molar-refractivity contribution in [2.45, 2.75) is 20.5 Å². The number of halogens is 1. The highest BCUT2D eigenvalue weighted by Crippen LogP contribution is 2.37. The second kappa shape index (κ2) is 9.00. The molecule has 0 aliphatic rings. The van der Waals surface area contributed by atoms with E-state index in [1.165, 1.54) is 11.6 Å². The van der Waals surface area contributed by atoms with Gasteiger partial charge in [-0.1, -0.05) is 47.4 Å². The summed E-state index contributed by atoms with van der Waals surface area (Å²) in [6, 6.07) is 11.0. The maximum absolute atomic E-state index is 12.0. The summed E-state index contributed by atoms with van der Waals surface area (Å²) < 4.78 is 16.3. The Morgan fingerprint density at radius 3 is 2.56 bits per heavy atom. The number of carbonyl (C=O) groups is 1. The molecular weight excluding hydrogens is 340 g/mol. The molecule has 0 unspecified atom stereocenters. The van der Waals surface area contributed by atoms with Crippen molar-refractivity contribution in [3.63, 3.8) is 0 Å². The van der Waals surface area contributed by atoms with Crippen LogP contribution in [0.5, 0.6) is 11.5 Å². The molecule has 0 aromatic heterocycles. The molecule has 0 spiro atoms. The van der Waals surface area contributed by atoms with Crippen molar-refractivity contribution in [3.05, 3.63) is 58.1 Å². The van der Waals surface area contributed by atoms with Crippen molar-refractivity contribution in [1.29, 1.82) is 0 Å². The third kappa shape index (κ3) is 5.17. The summed E-state index contributed by atoms with van der Waals surface area (Å²) >= 11 is 6.29. The lowest BCUT2D eigenvalue weighted by Crippen LogP contribution is -2.07. The minimum atomic E-state index is -0.564. The average molecular weight is 359 g/mol. The van der Waals surface area contributed by atoms with Gasteiger partial charge in [-0.3, -0.25) is 0 Å². The van der Waals surface area contributed by atoms with E-state index in [4.69, 9.17) is 32.2 Å². The van der Waals surface area contributed by atoms with E-state index >= 15 is 0 Å². The Hall–Kier alpha value is -2.64. The van der Waals surface area contributed by atoms with Crippen molar-refractivity contribution in [2.24, 2.45) is 0 Å². The van der Waals surface area contributed by atoms with Gasteiger partial charge >= 0.3 is 5.97 Å². The predicted octanol–water partition coefficient (Wildman–Crippen LogP) is 4.42. The molecule has 4 nitrogen and oxygen atoms in total. The van der Waals surface area contributed by atoms with Crippen LogP contribution >= 0.6 is 11.6 Å². The Kier molecular flexibility index (Phi) is 6.73. The molecule has 0 saturated carbocycles. The molecule has 0 heterocycles. The van der Waals surface area contributed by atoms with Gasteiger partial charge in [-0.25, -0.2) is 4.79 Å². The van der Waals surface area contributed by atoms with E-state index < -0.39 is 5.97 Å². The van der Waals surface area contributed by atoms with Crippen LogP contribution in [0, 0.1) is 19.3 Å². The lowest BCUT2D eigenvalue weighted by atomic mass is 10.1. The number of ether oxygens (including phenoxy) is 3. The van der Waals surface area contributed by atoms with Gasteiger partial charge in [-0.15, -0.1) is 6.42 Å². The van der Waals surface area contributed by atoms with E-state index in [-0.39, 0.29) is 17.2 Å². The highest BCUT2D eigenvalue weighted by atomic mass is 35.5. The van der Waals surface area contributed by atoms with Crippen molar-refractivity contribution < 1.29 is 19.0 Å². The molecular formula is C20H19ClO4.